The van der Waals surface area contributed by atoms with E-state index in [1.54, 1.807) is 18.2 Å². The second-order valence-electron chi connectivity index (χ2n) is 3.83. The number of hydrogen-bond acceptors (Lipinski definition) is 2. The van der Waals surface area contributed by atoms with E-state index in [9.17, 15) is 13.6 Å². The predicted molar refractivity (Wildman–Crippen MR) is 64.1 cm³/mol. The first-order valence-corrected chi connectivity index (χ1v) is 5.47. The monoisotopic (exact) mass is 264 g/mol. The van der Waals surface area contributed by atoms with Crippen molar-refractivity contribution in [1.82, 2.24) is 0 Å². The van der Waals surface area contributed by atoms with E-state index < -0.39 is 17.6 Å². The molecule has 5 heteroatoms. The summed E-state index contributed by atoms with van der Waals surface area (Å²) in [6.07, 6.45) is 0. The largest absolute Gasteiger partial charge is 0.486 e. The highest BCUT2D eigenvalue weighted by Crippen LogP contribution is 2.20. The van der Waals surface area contributed by atoms with Crippen molar-refractivity contribution in [2.24, 2.45) is 0 Å². The summed E-state index contributed by atoms with van der Waals surface area (Å²) in [7, 11) is 0. The molecule has 0 spiro atoms. The summed E-state index contributed by atoms with van der Waals surface area (Å²) in [4.78, 5) is 11.0. The van der Waals surface area contributed by atoms with Crippen molar-refractivity contribution in [3.63, 3.8) is 0 Å². The Kier molecular flexibility index (Phi) is 3.75. The van der Waals surface area contributed by atoms with E-state index in [1.165, 1.54) is 6.07 Å². The molecule has 0 aromatic heterocycles. The number of carbonyl (C=O) groups is 1. The highest BCUT2D eigenvalue weighted by Gasteiger charge is 2.11. The molecule has 2 aromatic rings. The van der Waals surface area contributed by atoms with Crippen LogP contribution >= 0.6 is 0 Å². The van der Waals surface area contributed by atoms with Gasteiger partial charge in [0.1, 0.15) is 12.4 Å². The van der Waals surface area contributed by atoms with Crippen molar-refractivity contribution >= 4 is 5.97 Å². The summed E-state index contributed by atoms with van der Waals surface area (Å²) in [5.41, 5.74) is 0.503. The van der Waals surface area contributed by atoms with E-state index >= 15 is 0 Å². The zero-order chi connectivity index (χ0) is 13.8. The highest BCUT2D eigenvalue weighted by molar-refractivity contribution is 5.89. The molecule has 19 heavy (non-hydrogen) atoms. The van der Waals surface area contributed by atoms with Crippen LogP contribution in [0.1, 0.15) is 15.9 Å². The van der Waals surface area contributed by atoms with Gasteiger partial charge in [-0.15, -0.1) is 0 Å². The fraction of sp³-hybridized carbons (Fsp3) is 0.0714. The average Bonchev–Trinajstić information content (AvgIpc) is 2.38. The number of aromatic carboxylic acids is 1. The third kappa shape index (κ3) is 3.07. The Hall–Kier alpha value is -2.43. The predicted octanol–water partition coefficient (Wildman–Crippen LogP) is 3.24. The molecule has 98 valence electrons. The zero-order valence-corrected chi connectivity index (χ0v) is 9.77. The minimum absolute atomic E-state index is 0.0880. The Morgan fingerprint density at radius 3 is 2.58 bits per heavy atom. The molecule has 0 aliphatic rings. The fourth-order valence-electron chi connectivity index (χ4n) is 1.60. The van der Waals surface area contributed by atoms with E-state index in [1.807, 2.05) is 0 Å². The van der Waals surface area contributed by atoms with Crippen molar-refractivity contribution in [2.45, 2.75) is 6.61 Å². The number of ether oxygens (including phenoxy) is 1. The number of rotatable bonds is 4. The average molecular weight is 264 g/mol. The van der Waals surface area contributed by atoms with E-state index in [0.717, 1.165) is 12.1 Å². The molecule has 0 radical (unpaired) electrons. The third-order valence-electron chi connectivity index (χ3n) is 2.52. The maximum Gasteiger partial charge on any atom is 0.336 e. The molecule has 0 unspecified atom stereocenters. The lowest BCUT2D eigenvalue weighted by Gasteiger charge is -2.09. The van der Waals surface area contributed by atoms with Crippen LogP contribution in [-0.4, -0.2) is 11.1 Å². The summed E-state index contributed by atoms with van der Waals surface area (Å²) in [5.74, 6) is -2.73. The van der Waals surface area contributed by atoms with E-state index in [-0.39, 0.29) is 17.9 Å². The molecule has 0 fully saturated rings. The molecular formula is C14H10F2O3. The van der Waals surface area contributed by atoms with Crippen molar-refractivity contribution < 1.29 is 23.4 Å². The normalized spacial score (nSPS) is 10.2. The summed E-state index contributed by atoms with van der Waals surface area (Å²) < 4.78 is 31.2. The van der Waals surface area contributed by atoms with Crippen LogP contribution in [0.5, 0.6) is 5.75 Å². The van der Waals surface area contributed by atoms with Gasteiger partial charge in [-0.05, 0) is 18.2 Å². The summed E-state index contributed by atoms with van der Waals surface area (Å²) in [5, 5.41) is 8.97. The SMILES string of the molecule is O=C(O)c1ccccc1COc1ccc(F)cc1F. The zero-order valence-electron chi connectivity index (χ0n) is 9.77. The Labute approximate surface area is 108 Å². The Morgan fingerprint density at radius 1 is 1.16 bits per heavy atom. The van der Waals surface area contributed by atoms with Gasteiger partial charge in [0.25, 0.3) is 0 Å². The van der Waals surface area contributed by atoms with Gasteiger partial charge >= 0.3 is 5.97 Å². The number of carboxylic acids is 1. The second kappa shape index (κ2) is 5.48. The van der Waals surface area contributed by atoms with Crippen LogP contribution in [0.15, 0.2) is 42.5 Å². The second-order valence-corrected chi connectivity index (χ2v) is 3.83. The Morgan fingerprint density at radius 2 is 1.89 bits per heavy atom. The molecule has 0 bridgehead atoms. The first-order chi connectivity index (χ1) is 9.08. The maximum atomic E-state index is 13.3. The molecule has 3 nitrogen and oxygen atoms in total. The third-order valence-corrected chi connectivity index (χ3v) is 2.52. The number of benzene rings is 2. The molecule has 0 saturated heterocycles. The first-order valence-electron chi connectivity index (χ1n) is 5.47. The van der Waals surface area contributed by atoms with Crippen LogP contribution in [0.3, 0.4) is 0 Å². The Bertz CT molecular complexity index is 611. The molecule has 0 heterocycles. The topological polar surface area (TPSA) is 46.5 Å². The van der Waals surface area contributed by atoms with Crippen molar-refractivity contribution in [1.29, 1.82) is 0 Å². The van der Waals surface area contributed by atoms with Gasteiger partial charge in [-0.3, -0.25) is 0 Å². The number of halogens is 2. The highest BCUT2D eigenvalue weighted by atomic mass is 19.1. The summed E-state index contributed by atoms with van der Waals surface area (Å²) >= 11 is 0. The first kappa shape index (κ1) is 13.0. The van der Waals surface area contributed by atoms with Gasteiger partial charge in [-0.25, -0.2) is 13.6 Å². The van der Waals surface area contributed by atoms with E-state index in [0.29, 0.717) is 11.6 Å². The number of hydrogen-bond donors (Lipinski definition) is 1. The standard InChI is InChI=1S/C14H10F2O3/c15-10-5-6-13(12(16)7-10)19-8-9-3-1-2-4-11(9)14(17)18/h1-7H,8H2,(H,17,18). The van der Waals surface area contributed by atoms with Crippen molar-refractivity contribution in [3.05, 3.63) is 65.2 Å². The van der Waals surface area contributed by atoms with Gasteiger partial charge in [0.2, 0.25) is 0 Å². The van der Waals surface area contributed by atoms with Crippen LogP contribution in [0.4, 0.5) is 8.78 Å². The molecule has 0 amide bonds. The van der Waals surface area contributed by atoms with Crippen LogP contribution in [0.25, 0.3) is 0 Å². The molecule has 2 aromatic carbocycles. The Balaban J connectivity index is 2.17. The molecular weight excluding hydrogens is 254 g/mol. The minimum Gasteiger partial charge on any atom is -0.486 e. The molecule has 1 N–H and O–H groups in total. The van der Waals surface area contributed by atoms with E-state index in [4.69, 9.17) is 9.84 Å². The molecule has 0 aliphatic carbocycles. The molecule has 0 atom stereocenters. The van der Waals surface area contributed by atoms with E-state index in [2.05, 4.69) is 0 Å². The smallest absolute Gasteiger partial charge is 0.336 e. The lowest BCUT2D eigenvalue weighted by atomic mass is 10.1. The van der Waals surface area contributed by atoms with Gasteiger partial charge in [0.05, 0.1) is 5.56 Å². The number of carboxylic acid groups (broad SMARTS) is 1. The van der Waals surface area contributed by atoms with Gasteiger partial charge in [0, 0.05) is 11.6 Å². The summed E-state index contributed by atoms with van der Waals surface area (Å²) in [6.45, 7) is -0.106. The van der Waals surface area contributed by atoms with Crippen molar-refractivity contribution in [2.75, 3.05) is 0 Å². The molecule has 2 rings (SSSR count). The molecule has 0 saturated carbocycles. The van der Waals surface area contributed by atoms with Crippen LogP contribution in [0.2, 0.25) is 0 Å². The minimum atomic E-state index is -1.08. The lowest BCUT2D eigenvalue weighted by Crippen LogP contribution is -2.06. The van der Waals surface area contributed by atoms with Gasteiger partial charge in [0.15, 0.2) is 11.6 Å². The quantitative estimate of drug-likeness (QED) is 0.922. The van der Waals surface area contributed by atoms with Gasteiger partial charge in [-0.1, -0.05) is 18.2 Å². The summed E-state index contributed by atoms with van der Waals surface area (Å²) in [6, 6.07) is 9.19. The van der Waals surface area contributed by atoms with Gasteiger partial charge < -0.3 is 9.84 Å². The maximum absolute atomic E-state index is 13.3. The fourth-order valence-corrected chi connectivity index (χ4v) is 1.60. The molecule has 0 aliphatic heterocycles. The lowest BCUT2D eigenvalue weighted by molar-refractivity contribution is 0.0694. The van der Waals surface area contributed by atoms with Gasteiger partial charge in [-0.2, -0.15) is 0 Å². The van der Waals surface area contributed by atoms with Crippen LogP contribution in [-0.2, 0) is 6.61 Å². The van der Waals surface area contributed by atoms with Crippen molar-refractivity contribution in [3.8, 4) is 5.75 Å². The van der Waals surface area contributed by atoms with Crippen LogP contribution in [0, 0.1) is 11.6 Å². The van der Waals surface area contributed by atoms with Crippen LogP contribution < -0.4 is 4.74 Å².